The van der Waals surface area contributed by atoms with Crippen molar-refractivity contribution < 1.29 is 4.74 Å². The van der Waals surface area contributed by atoms with E-state index in [1.165, 1.54) is 43.2 Å². The van der Waals surface area contributed by atoms with E-state index in [1.54, 1.807) is 7.11 Å². The van der Waals surface area contributed by atoms with Gasteiger partial charge in [-0.3, -0.25) is 9.80 Å². The zero-order valence-electron chi connectivity index (χ0n) is 20.8. The maximum absolute atomic E-state index is 5.31. The fraction of sp³-hybridized carbons (Fsp3) is 0.519. The Morgan fingerprint density at radius 2 is 1.60 bits per heavy atom. The Morgan fingerprint density at radius 3 is 2.26 bits per heavy atom. The van der Waals surface area contributed by atoms with Gasteiger partial charge >= 0.3 is 0 Å². The Bertz CT molecular complexity index is 1040. The highest BCUT2D eigenvalue weighted by Crippen LogP contribution is 2.30. The molecule has 8 heteroatoms. The van der Waals surface area contributed by atoms with Gasteiger partial charge in [-0.2, -0.15) is 0 Å². The quantitative estimate of drug-likeness (QED) is 0.480. The van der Waals surface area contributed by atoms with Crippen LogP contribution in [0, 0.1) is 6.92 Å². The van der Waals surface area contributed by atoms with Gasteiger partial charge in [0.05, 0.1) is 19.7 Å². The van der Waals surface area contributed by atoms with E-state index in [1.807, 2.05) is 16.8 Å². The maximum Gasteiger partial charge on any atom is 0.173 e. The Labute approximate surface area is 214 Å². The first-order valence-electron chi connectivity index (χ1n) is 12.6. The van der Waals surface area contributed by atoms with Crippen molar-refractivity contribution in [2.45, 2.75) is 57.7 Å². The molecule has 2 fully saturated rings. The van der Waals surface area contributed by atoms with Gasteiger partial charge in [0.2, 0.25) is 0 Å². The fourth-order valence-electron chi connectivity index (χ4n) is 5.50. The molecule has 5 rings (SSSR count). The molecule has 0 N–H and O–H groups in total. The van der Waals surface area contributed by atoms with Crippen LogP contribution in [0.25, 0.3) is 0 Å². The van der Waals surface area contributed by atoms with Gasteiger partial charge in [0.15, 0.2) is 5.82 Å². The van der Waals surface area contributed by atoms with Gasteiger partial charge in [-0.15, -0.1) is 17.5 Å². The number of rotatable bonds is 7. The summed E-state index contributed by atoms with van der Waals surface area (Å²) in [4.78, 5) is 5.29. The minimum absolute atomic E-state index is 0. The average Bonchev–Trinajstić information content (AvgIpc) is 3.34. The molecule has 1 aliphatic carbocycles. The summed E-state index contributed by atoms with van der Waals surface area (Å²) in [6.45, 7) is 7.07. The van der Waals surface area contributed by atoms with E-state index in [-0.39, 0.29) is 18.4 Å². The molecule has 2 aliphatic rings. The zero-order valence-corrected chi connectivity index (χ0v) is 21.7. The minimum atomic E-state index is 0. The summed E-state index contributed by atoms with van der Waals surface area (Å²) in [5.74, 6) is 1.76. The molecule has 1 unspecified atom stereocenters. The molecular formula is C27H37ClN6O. The standard InChI is InChI=1S/C27H36N6O.ClH/c1-21-8-12-23(13-9-21)26(32-18-16-31(17-19-32)24-6-4-3-5-7-24)27-28-29-30-33(27)20-22-10-14-25(34-2)15-11-22;/h8-15,24,26H,3-7,16-20H2,1-2H3;1H. The largest absolute Gasteiger partial charge is 0.497 e. The molecule has 2 aromatic carbocycles. The molecule has 0 amide bonds. The van der Waals surface area contributed by atoms with Crippen molar-refractivity contribution in [3.8, 4) is 5.75 Å². The number of methoxy groups -OCH3 is 1. The Morgan fingerprint density at radius 1 is 0.914 bits per heavy atom. The van der Waals surface area contributed by atoms with E-state index in [9.17, 15) is 0 Å². The Balaban J connectivity index is 0.00000289. The molecule has 0 bridgehead atoms. The van der Waals surface area contributed by atoms with Crippen molar-refractivity contribution in [2.75, 3.05) is 33.3 Å². The number of benzene rings is 2. The zero-order chi connectivity index (χ0) is 23.3. The van der Waals surface area contributed by atoms with Crippen LogP contribution >= 0.6 is 12.4 Å². The second-order valence-corrected chi connectivity index (χ2v) is 9.72. The third-order valence-electron chi connectivity index (χ3n) is 7.49. The van der Waals surface area contributed by atoms with Crippen LogP contribution in [-0.4, -0.2) is 69.3 Å². The molecule has 188 valence electrons. The predicted octanol–water partition coefficient (Wildman–Crippen LogP) is 4.50. The lowest BCUT2D eigenvalue weighted by atomic mass is 9.93. The normalized spacial score (nSPS) is 18.7. The summed E-state index contributed by atoms with van der Waals surface area (Å²) in [5, 5.41) is 13.0. The van der Waals surface area contributed by atoms with Crippen LogP contribution in [0.15, 0.2) is 48.5 Å². The lowest BCUT2D eigenvalue weighted by Gasteiger charge is -2.43. The van der Waals surface area contributed by atoms with Gasteiger partial charge in [-0.05, 0) is 53.5 Å². The number of hydrogen-bond acceptors (Lipinski definition) is 6. The van der Waals surface area contributed by atoms with E-state index in [0.29, 0.717) is 6.54 Å². The second-order valence-electron chi connectivity index (χ2n) is 9.72. The van der Waals surface area contributed by atoms with Gasteiger partial charge < -0.3 is 4.74 Å². The van der Waals surface area contributed by atoms with Gasteiger partial charge in [-0.1, -0.05) is 61.2 Å². The predicted molar refractivity (Wildman–Crippen MR) is 140 cm³/mol. The average molecular weight is 497 g/mol. The molecule has 0 spiro atoms. The molecule has 1 atom stereocenters. The van der Waals surface area contributed by atoms with Crippen LogP contribution in [-0.2, 0) is 6.54 Å². The highest BCUT2D eigenvalue weighted by atomic mass is 35.5. The molecule has 1 aliphatic heterocycles. The molecule has 1 saturated heterocycles. The number of tetrazole rings is 1. The lowest BCUT2D eigenvalue weighted by Crippen LogP contribution is -2.52. The molecule has 7 nitrogen and oxygen atoms in total. The summed E-state index contributed by atoms with van der Waals surface area (Å²) in [6, 6.07) is 17.8. The van der Waals surface area contributed by atoms with E-state index in [4.69, 9.17) is 4.74 Å². The van der Waals surface area contributed by atoms with Crippen molar-refractivity contribution in [3.63, 3.8) is 0 Å². The molecule has 1 saturated carbocycles. The maximum atomic E-state index is 5.31. The first-order chi connectivity index (χ1) is 16.7. The summed E-state index contributed by atoms with van der Waals surface area (Å²) in [7, 11) is 1.69. The highest BCUT2D eigenvalue weighted by molar-refractivity contribution is 5.85. The number of nitrogens with zero attached hydrogens (tertiary/aromatic N) is 6. The van der Waals surface area contributed by atoms with Crippen LogP contribution in [0.5, 0.6) is 5.75 Å². The first-order valence-corrected chi connectivity index (χ1v) is 12.6. The van der Waals surface area contributed by atoms with E-state index < -0.39 is 0 Å². The first kappa shape index (κ1) is 25.6. The monoisotopic (exact) mass is 496 g/mol. The van der Waals surface area contributed by atoms with Crippen LogP contribution in [0.3, 0.4) is 0 Å². The summed E-state index contributed by atoms with van der Waals surface area (Å²) in [6.07, 6.45) is 6.90. The van der Waals surface area contributed by atoms with Crippen LogP contribution in [0.4, 0.5) is 0 Å². The fourth-order valence-corrected chi connectivity index (χ4v) is 5.50. The number of piperazine rings is 1. The van der Waals surface area contributed by atoms with Crippen molar-refractivity contribution in [3.05, 3.63) is 71.0 Å². The van der Waals surface area contributed by atoms with Crippen molar-refractivity contribution in [1.82, 2.24) is 30.0 Å². The van der Waals surface area contributed by atoms with Gasteiger partial charge in [0, 0.05) is 32.2 Å². The molecule has 35 heavy (non-hydrogen) atoms. The number of aryl methyl sites for hydroxylation is 1. The highest BCUT2D eigenvalue weighted by Gasteiger charge is 2.32. The van der Waals surface area contributed by atoms with E-state index >= 15 is 0 Å². The number of ether oxygens (including phenoxy) is 1. The molecule has 3 aromatic rings. The molecule has 2 heterocycles. The van der Waals surface area contributed by atoms with Crippen molar-refractivity contribution >= 4 is 12.4 Å². The van der Waals surface area contributed by atoms with Gasteiger partial charge in [0.1, 0.15) is 5.75 Å². The molecule has 0 radical (unpaired) electrons. The van der Waals surface area contributed by atoms with E-state index in [0.717, 1.165) is 49.4 Å². The smallest absolute Gasteiger partial charge is 0.173 e. The van der Waals surface area contributed by atoms with E-state index in [2.05, 4.69) is 68.6 Å². The number of hydrogen-bond donors (Lipinski definition) is 0. The third kappa shape index (κ3) is 6.02. The SMILES string of the molecule is COc1ccc(Cn2nnnc2C(c2ccc(C)cc2)N2CCN(C3CCCCC3)CC2)cc1.Cl. The van der Waals surface area contributed by atoms with Crippen LogP contribution < -0.4 is 4.74 Å². The summed E-state index contributed by atoms with van der Waals surface area (Å²) in [5.41, 5.74) is 3.67. The minimum Gasteiger partial charge on any atom is -0.497 e. The summed E-state index contributed by atoms with van der Waals surface area (Å²) >= 11 is 0. The lowest BCUT2D eigenvalue weighted by molar-refractivity contribution is 0.0620. The molecular weight excluding hydrogens is 460 g/mol. The van der Waals surface area contributed by atoms with Crippen LogP contribution in [0.1, 0.15) is 60.7 Å². The third-order valence-corrected chi connectivity index (χ3v) is 7.49. The second kappa shape index (κ2) is 12.0. The Kier molecular flexibility index (Phi) is 8.76. The van der Waals surface area contributed by atoms with Crippen molar-refractivity contribution in [1.29, 1.82) is 0 Å². The summed E-state index contributed by atoms with van der Waals surface area (Å²) < 4.78 is 7.27. The Hall–Kier alpha value is -2.48. The van der Waals surface area contributed by atoms with Gasteiger partial charge in [0.25, 0.3) is 0 Å². The van der Waals surface area contributed by atoms with Gasteiger partial charge in [-0.25, -0.2) is 4.68 Å². The number of halogens is 1. The topological polar surface area (TPSA) is 59.3 Å². The molecule has 1 aromatic heterocycles. The van der Waals surface area contributed by atoms with Crippen LogP contribution in [0.2, 0.25) is 0 Å². The van der Waals surface area contributed by atoms with Crippen molar-refractivity contribution in [2.24, 2.45) is 0 Å². The number of aromatic nitrogens is 4.